The summed E-state index contributed by atoms with van der Waals surface area (Å²) in [5.74, 6) is 0.590. The molecule has 11 nitrogen and oxygen atoms in total. The molecule has 2 amide bonds. The molecule has 0 aliphatic heterocycles. The van der Waals surface area contributed by atoms with Crippen molar-refractivity contribution in [3.05, 3.63) is 65.7 Å². The van der Waals surface area contributed by atoms with Crippen LogP contribution in [0.15, 0.2) is 54.6 Å². The van der Waals surface area contributed by atoms with E-state index in [0.717, 1.165) is 11.1 Å². The summed E-state index contributed by atoms with van der Waals surface area (Å²) >= 11 is 0. The summed E-state index contributed by atoms with van der Waals surface area (Å²) in [6.07, 6.45) is -3.30. The van der Waals surface area contributed by atoms with Gasteiger partial charge in [0.1, 0.15) is 23.6 Å². The molecule has 11 heteroatoms. The quantitative estimate of drug-likeness (QED) is 0.176. The minimum atomic E-state index is -1.05. The molecular formula is C33H51N3O8. The molecule has 6 N–H and O–H groups in total. The number of rotatable bonds is 15. The maximum Gasteiger partial charge on any atom is 0.407 e. The SMILES string of the molecule is CC(O)COc1ccc(C[C@H](NC(=O)OC(C)(C)C)[C@H](O)CNC[C@@H](O)[C@H](Cc2ccccc2)NC(=O)OC(C)(C)C)cc1. The Labute approximate surface area is 261 Å². The average molecular weight is 618 g/mol. The van der Waals surface area contributed by atoms with E-state index in [9.17, 15) is 24.9 Å². The van der Waals surface area contributed by atoms with E-state index in [2.05, 4.69) is 16.0 Å². The summed E-state index contributed by atoms with van der Waals surface area (Å²) in [5, 5.41) is 40.2. The van der Waals surface area contributed by atoms with E-state index in [1.165, 1.54) is 0 Å². The number of aliphatic hydroxyl groups is 3. The molecule has 0 aliphatic carbocycles. The van der Waals surface area contributed by atoms with E-state index in [1.807, 2.05) is 42.5 Å². The van der Waals surface area contributed by atoms with Gasteiger partial charge in [0.25, 0.3) is 0 Å². The van der Waals surface area contributed by atoms with Crippen LogP contribution in [0.1, 0.15) is 59.6 Å². The van der Waals surface area contributed by atoms with Gasteiger partial charge in [-0.15, -0.1) is 0 Å². The van der Waals surface area contributed by atoms with Crippen molar-refractivity contribution in [2.75, 3.05) is 19.7 Å². The second-order valence-electron chi connectivity index (χ2n) is 13.0. The largest absolute Gasteiger partial charge is 0.491 e. The lowest BCUT2D eigenvalue weighted by Crippen LogP contribution is -2.53. The van der Waals surface area contributed by atoms with Gasteiger partial charge in [-0.2, -0.15) is 0 Å². The van der Waals surface area contributed by atoms with Crippen LogP contribution in [-0.2, 0) is 22.3 Å². The number of nitrogens with one attached hydrogen (secondary N) is 3. The molecule has 0 radical (unpaired) electrons. The van der Waals surface area contributed by atoms with Crippen molar-refractivity contribution in [2.45, 2.75) is 103 Å². The first-order chi connectivity index (χ1) is 20.5. The van der Waals surface area contributed by atoms with Crippen molar-refractivity contribution in [3.63, 3.8) is 0 Å². The van der Waals surface area contributed by atoms with Crippen molar-refractivity contribution in [1.29, 1.82) is 0 Å². The average Bonchev–Trinajstić information content (AvgIpc) is 2.90. The minimum Gasteiger partial charge on any atom is -0.491 e. The fourth-order valence-corrected chi connectivity index (χ4v) is 4.21. The second kappa shape index (κ2) is 17.2. The zero-order valence-electron chi connectivity index (χ0n) is 27.0. The van der Waals surface area contributed by atoms with Gasteiger partial charge in [-0.1, -0.05) is 42.5 Å². The number of hydrogen-bond donors (Lipinski definition) is 6. The molecule has 0 aliphatic rings. The van der Waals surface area contributed by atoms with Gasteiger partial charge in [0.15, 0.2) is 0 Å². The molecule has 246 valence electrons. The summed E-state index contributed by atoms with van der Waals surface area (Å²) in [4.78, 5) is 25.1. The van der Waals surface area contributed by atoms with Crippen LogP contribution in [0, 0.1) is 0 Å². The molecule has 5 atom stereocenters. The van der Waals surface area contributed by atoms with E-state index < -0.39 is 53.8 Å². The van der Waals surface area contributed by atoms with Crippen LogP contribution in [0.25, 0.3) is 0 Å². The Kier molecular flexibility index (Phi) is 14.4. The van der Waals surface area contributed by atoms with Crippen molar-refractivity contribution < 1.29 is 39.1 Å². The molecule has 0 bridgehead atoms. The van der Waals surface area contributed by atoms with Gasteiger partial charge in [-0.25, -0.2) is 9.59 Å². The smallest absolute Gasteiger partial charge is 0.407 e. The molecule has 0 spiro atoms. The first-order valence-corrected chi connectivity index (χ1v) is 15.0. The molecule has 0 aromatic heterocycles. The number of carbonyl (C=O) groups excluding carboxylic acids is 2. The third kappa shape index (κ3) is 15.4. The number of benzene rings is 2. The van der Waals surface area contributed by atoms with E-state index in [1.54, 1.807) is 60.6 Å². The van der Waals surface area contributed by atoms with Gasteiger partial charge in [0, 0.05) is 13.1 Å². The number of alkyl carbamates (subject to hydrolysis) is 2. The molecular weight excluding hydrogens is 566 g/mol. The molecule has 2 rings (SSSR count). The summed E-state index contributed by atoms with van der Waals surface area (Å²) in [7, 11) is 0. The van der Waals surface area contributed by atoms with Crippen LogP contribution in [0.4, 0.5) is 9.59 Å². The molecule has 2 aromatic rings. The zero-order valence-corrected chi connectivity index (χ0v) is 27.0. The highest BCUT2D eigenvalue weighted by molar-refractivity contribution is 5.68. The lowest BCUT2D eigenvalue weighted by atomic mass is 10.00. The highest BCUT2D eigenvalue weighted by Crippen LogP contribution is 2.16. The fraction of sp³-hybridized carbons (Fsp3) is 0.576. The maximum atomic E-state index is 12.6. The Balaban J connectivity index is 2.07. The minimum absolute atomic E-state index is 0.0393. The Morgan fingerprint density at radius 3 is 1.55 bits per heavy atom. The maximum absolute atomic E-state index is 12.6. The van der Waals surface area contributed by atoms with Gasteiger partial charge in [-0.05, 0) is 84.6 Å². The van der Waals surface area contributed by atoms with Crippen LogP contribution in [0.5, 0.6) is 5.75 Å². The predicted octanol–water partition coefficient (Wildman–Crippen LogP) is 3.33. The Morgan fingerprint density at radius 2 is 1.14 bits per heavy atom. The van der Waals surface area contributed by atoms with Gasteiger partial charge >= 0.3 is 12.2 Å². The van der Waals surface area contributed by atoms with Gasteiger partial charge in [-0.3, -0.25) is 0 Å². The first-order valence-electron chi connectivity index (χ1n) is 15.0. The van der Waals surface area contributed by atoms with E-state index >= 15 is 0 Å². The molecule has 0 saturated heterocycles. The zero-order chi connectivity index (χ0) is 32.9. The molecule has 0 fully saturated rings. The molecule has 2 aromatic carbocycles. The van der Waals surface area contributed by atoms with Crippen molar-refractivity contribution in [1.82, 2.24) is 16.0 Å². The number of aliphatic hydroxyl groups excluding tert-OH is 3. The number of ether oxygens (including phenoxy) is 3. The van der Waals surface area contributed by atoms with Gasteiger partial charge < -0.3 is 45.5 Å². The van der Waals surface area contributed by atoms with Crippen LogP contribution in [-0.4, -0.2) is 88.8 Å². The summed E-state index contributed by atoms with van der Waals surface area (Å²) in [6.45, 7) is 12.4. The summed E-state index contributed by atoms with van der Waals surface area (Å²) in [6, 6.07) is 15.2. The highest BCUT2D eigenvalue weighted by Gasteiger charge is 2.27. The van der Waals surface area contributed by atoms with Crippen LogP contribution < -0.4 is 20.7 Å². The van der Waals surface area contributed by atoms with Crippen molar-refractivity contribution >= 4 is 12.2 Å². The lowest BCUT2D eigenvalue weighted by Gasteiger charge is -2.29. The van der Waals surface area contributed by atoms with Gasteiger partial charge in [0.05, 0.1) is 30.4 Å². The number of carbonyl (C=O) groups is 2. The van der Waals surface area contributed by atoms with E-state index in [0.29, 0.717) is 12.2 Å². The number of hydrogen-bond acceptors (Lipinski definition) is 9. The topological polar surface area (TPSA) is 159 Å². The van der Waals surface area contributed by atoms with Crippen LogP contribution >= 0.6 is 0 Å². The number of amides is 2. The van der Waals surface area contributed by atoms with Crippen molar-refractivity contribution in [2.24, 2.45) is 0 Å². The first kappa shape index (κ1) is 36.8. The van der Waals surface area contributed by atoms with Crippen LogP contribution in [0.3, 0.4) is 0 Å². The predicted molar refractivity (Wildman–Crippen MR) is 169 cm³/mol. The third-order valence-electron chi connectivity index (χ3n) is 6.21. The Morgan fingerprint density at radius 1 is 0.705 bits per heavy atom. The fourth-order valence-electron chi connectivity index (χ4n) is 4.21. The lowest BCUT2D eigenvalue weighted by molar-refractivity contribution is 0.0399. The monoisotopic (exact) mass is 617 g/mol. The molecule has 44 heavy (non-hydrogen) atoms. The Bertz CT molecular complexity index is 1130. The van der Waals surface area contributed by atoms with Crippen molar-refractivity contribution in [3.8, 4) is 5.75 Å². The standard InChI is InChI=1S/C33H51N3O8/c1-22(37)21-42-25-15-13-24(14-16-25)18-27(36-31(41)44-33(5,6)7)29(39)20-34-19-28(38)26(17-23-11-9-8-10-12-23)35-30(40)43-32(2,3)4/h8-16,22,26-29,34,37-39H,17-21H2,1-7H3,(H,35,40)(H,36,41)/t22?,26-,27-,28+,29+/m0/s1. The second-order valence-corrected chi connectivity index (χ2v) is 13.0. The Hall–Kier alpha value is -3.38. The third-order valence-corrected chi connectivity index (χ3v) is 6.21. The van der Waals surface area contributed by atoms with E-state index in [4.69, 9.17) is 14.2 Å². The van der Waals surface area contributed by atoms with E-state index in [-0.39, 0.29) is 26.1 Å². The normalized spacial score (nSPS) is 15.3. The molecule has 0 saturated carbocycles. The van der Waals surface area contributed by atoms with Crippen LogP contribution in [0.2, 0.25) is 0 Å². The molecule has 1 unspecified atom stereocenters. The van der Waals surface area contributed by atoms with Gasteiger partial charge in [0.2, 0.25) is 0 Å². The summed E-state index contributed by atoms with van der Waals surface area (Å²) in [5.41, 5.74) is 0.339. The highest BCUT2D eigenvalue weighted by atomic mass is 16.6. The molecule has 0 heterocycles. The summed E-state index contributed by atoms with van der Waals surface area (Å²) < 4.78 is 16.3.